The first-order valence-electron chi connectivity index (χ1n) is 9.07. The molecule has 0 bridgehead atoms. The number of nitrogens with zero attached hydrogens (tertiary/aromatic N) is 4. The van der Waals surface area contributed by atoms with E-state index < -0.39 is 0 Å². The molecule has 0 amide bonds. The van der Waals surface area contributed by atoms with Crippen LogP contribution in [0.4, 0.5) is 5.82 Å². The number of hydrogen-bond acceptors (Lipinski definition) is 4. The van der Waals surface area contributed by atoms with Gasteiger partial charge >= 0.3 is 0 Å². The Morgan fingerprint density at radius 3 is 2.88 bits per heavy atom. The van der Waals surface area contributed by atoms with E-state index in [1.807, 2.05) is 13.2 Å². The van der Waals surface area contributed by atoms with Crippen molar-refractivity contribution < 1.29 is 0 Å². The van der Waals surface area contributed by atoms with Crippen LogP contribution in [0.2, 0.25) is 0 Å². The highest BCUT2D eigenvalue weighted by atomic mass is 127. The van der Waals surface area contributed by atoms with Gasteiger partial charge < -0.3 is 15.1 Å². The molecule has 2 fully saturated rings. The van der Waals surface area contributed by atoms with Crippen LogP contribution in [-0.4, -0.2) is 60.1 Å². The average Bonchev–Trinajstić information content (AvgIpc) is 3.17. The maximum Gasteiger partial charge on any atom is 0.193 e. The van der Waals surface area contributed by atoms with Gasteiger partial charge in [-0.3, -0.25) is 4.99 Å². The summed E-state index contributed by atoms with van der Waals surface area (Å²) in [7, 11) is 1.88. The first kappa shape index (κ1) is 20.6. The number of hydrogen-bond donors (Lipinski definition) is 1. The van der Waals surface area contributed by atoms with Crippen molar-refractivity contribution in [2.75, 3.05) is 43.9 Å². The van der Waals surface area contributed by atoms with Crippen molar-refractivity contribution in [3.05, 3.63) is 23.9 Å². The van der Waals surface area contributed by atoms with Crippen LogP contribution in [0.1, 0.15) is 31.7 Å². The third kappa shape index (κ3) is 5.64. The highest BCUT2D eigenvalue weighted by molar-refractivity contribution is 14.0. The van der Waals surface area contributed by atoms with E-state index in [0.29, 0.717) is 0 Å². The van der Waals surface area contributed by atoms with Crippen LogP contribution in [0.3, 0.4) is 0 Å². The number of halogens is 1. The lowest BCUT2D eigenvalue weighted by atomic mass is 10.2. The second-order valence-corrected chi connectivity index (χ2v) is 7.87. The van der Waals surface area contributed by atoms with Gasteiger partial charge in [-0.25, -0.2) is 4.98 Å². The molecule has 25 heavy (non-hydrogen) atoms. The Morgan fingerprint density at radius 1 is 1.36 bits per heavy atom. The first-order valence-corrected chi connectivity index (χ1v) is 10.1. The minimum Gasteiger partial charge on any atom is -0.357 e. The number of nitrogens with one attached hydrogen (secondary N) is 1. The lowest BCUT2D eigenvalue weighted by Gasteiger charge is -2.34. The molecule has 5 nitrogen and oxygen atoms in total. The van der Waals surface area contributed by atoms with Crippen LogP contribution in [0.15, 0.2) is 23.3 Å². The Bertz CT molecular complexity index is 562. The topological polar surface area (TPSA) is 43.8 Å². The summed E-state index contributed by atoms with van der Waals surface area (Å²) in [6.07, 6.45) is 5.71. The zero-order valence-corrected chi connectivity index (χ0v) is 18.4. The molecule has 1 N–H and O–H groups in total. The van der Waals surface area contributed by atoms with E-state index in [0.717, 1.165) is 49.8 Å². The quantitative estimate of drug-likeness (QED) is 0.412. The molecule has 7 heteroatoms. The number of guanidine groups is 1. The van der Waals surface area contributed by atoms with Gasteiger partial charge in [0.25, 0.3) is 0 Å². The summed E-state index contributed by atoms with van der Waals surface area (Å²) in [6.45, 7) is 7.52. The Hall–Kier alpha value is -0.700. The molecule has 0 radical (unpaired) electrons. The number of aromatic nitrogens is 1. The largest absolute Gasteiger partial charge is 0.357 e. The van der Waals surface area contributed by atoms with Crippen LogP contribution in [0.5, 0.6) is 0 Å². The van der Waals surface area contributed by atoms with Crippen LogP contribution in [0.25, 0.3) is 0 Å². The van der Waals surface area contributed by atoms with Crippen molar-refractivity contribution in [2.45, 2.75) is 38.0 Å². The van der Waals surface area contributed by atoms with Gasteiger partial charge in [-0.15, -0.1) is 24.0 Å². The van der Waals surface area contributed by atoms with Crippen molar-refractivity contribution in [1.29, 1.82) is 0 Å². The van der Waals surface area contributed by atoms with Gasteiger partial charge in [-0.2, -0.15) is 11.8 Å². The Morgan fingerprint density at radius 2 is 2.16 bits per heavy atom. The molecule has 1 unspecified atom stereocenters. The van der Waals surface area contributed by atoms with E-state index in [-0.39, 0.29) is 24.0 Å². The van der Waals surface area contributed by atoms with Gasteiger partial charge in [0.05, 0.1) is 0 Å². The van der Waals surface area contributed by atoms with E-state index in [2.05, 4.69) is 55.9 Å². The average molecular weight is 475 g/mol. The van der Waals surface area contributed by atoms with Crippen LogP contribution >= 0.6 is 35.7 Å². The van der Waals surface area contributed by atoms with Gasteiger partial charge in [0.2, 0.25) is 0 Å². The number of anilines is 1. The predicted molar refractivity (Wildman–Crippen MR) is 119 cm³/mol. The van der Waals surface area contributed by atoms with Crippen molar-refractivity contribution in [2.24, 2.45) is 4.99 Å². The molecule has 140 valence electrons. The van der Waals surface area contributed by atoms with Gasteiger partial charge in [0.15, 0.2) is 5.96 Å². The molecule has 0 aliphatic carbocycles. The summed E-state index contributed by atoms with van der Waals surface area (Å²) < 4.78 is 0. The molecule has 1 aromatic rings. The second kappa shape index (κ2) is 10.4. The molecular weight excluding hydrogens is 445 g/mol. The maximum atomic E-state index is 4.53. The zero-order valence-electron chi connectivity index (χ0n) is 15.3. The second-order valence-electron chi connectivity index (χ2n) is 6.46. The fraction of sp³-hybridized carbons (Fsp3) is 0.667. The van der Waals surface area contributed by atoms with E-state index in [9.17, 15) is 0 Å². The molecular formula is C18H30IN5S. The Kier molecular flexibility index (Phi) is 8.61. The van der Waals surface area contributed by atoms with Crippen molar-refractivity contribution in [3.8, 4) is 0 Å². The highest BCUT2D eigenvalue weighted by Crippen LogP contribution is 2.21. The molecule has 1 atom stereocenters. The highest BCUT2D eigenvalue weighted by Gasteiger charge is 2.21. The Balaban J connectivity index is 0.00000225. The summed E-state index contributed by atoms with van der Waals surface area (Å²) in [4.78, 5) is 13.8. The lowest BCUT2D eigenvalue weighted by molar-refractivity contribution is 0.408. The number of aliphatic imine (C=N–C) groups is 1. The van der Waals surface area contributed by atoms with Crippen molar-refractivity contribution >= 4 is 47.5 Å². The monoisotopic (exact) mass is 475 g/mol. The fourth-order valence-electron chi connectivity index (χ4n) is 3.36. The summed E-state index contributed by atoms with van der Waals surface area (Å²) >= 11 is 2.09. The first-order chi connectivity index (χ1) is 11.8. The van der Waals surface area contributed by atoms with Gasteiger partial charge in [-0.1, -0.05) is 6.92 Å². The standard InChI is InChI=1S/C18H29N5S.HI/c1-3-16-14-23(10-11-24-16)18(19-2)21-13-15-6-7-20-17(12-15)22-8-4-5-9-22;/h6-7,12,16H,3-5,8-11,13-14H2,1-2H3,(H,19,21);1H. The fourth-order valence-corrected chi connectivity index (χ4v) is 4.54. The van der Waals surface area contributed by atoms with Crippen molar-refractivity contribution in [3.63, 3.8) is 0 Å². The van der Waals surface area contributed by atoms with Crippen LogP contribution in [-0.2, 0) is 6.54 Å². The van der Waals surface area contributed by atoms with Gasteiger partial charge in [0.1, 0.15) is 5.82 Å². The molecule has 0 spiro atoms. The molecule has 3 rings (SSSR count). The number of pyridine rings is 1. The number of thioether (sulfide) groups is 1. The minimum absolute atomic E-state index is 0. The Labute approximate surface area is 173 Å². The smallest absolute Gasteiger partial charge is 0.193 e. The van der Waals surface area contributed by atoms with E-state index in [4.69, 9.17) is 0 Å². The third-order valence-corrected chi connectivity index (χ3v) is 6.17. The molecule has 2 aliphatic rings. The lowest BCUT2D eigenvalue weighted by Crippen LogP contribution is -2.47. The number of rotatable bonds is 4. The summed E-state index contributed by atoms with van der Waals surface area (Å²) in [5.74, 6) is 3.32. The molecule has 0 saturated carbocycles. The molecule has 1 aromatic heterocycles. The minimum atomic E-state index is 0. The predicted octanol–water partition coefficient (Wildman–Crippen LogP) is 3.20. The molecule has 2 aliphatic heterocycles. The third-order valence-electron chi connectivity index (χ3n) is 4.80. The van der Waals surface area contributed by atoms with Crippen LogP contribution < -0.4 is 10.2 Å². The summed E-state index contributed by atoms with van der Waals surface area (Å²) in [5, 5.41) is 4.26. The van der Waals surface area contributed by atoms with Gasteiger partial charge in [-0.05, 0) is 37.0 Å². The molecule has 0 aromatic carbocycles. The van der Waals surface area contributed by atoms with E-state index >= 15 is 0 Å². The molecule has 2 saturated heterocycles. The van der Waals surface area contributed by atoms with Crippen LogP contribution in [0, 0.1) is 0 Å². The summed E-state index contributed by atoms with van der Waals surface area (Å²) in [5.41, 5.74) is 1.27. The zero-order chi connectivity index (χ0) is 16.8. The normalized spacial score (nSPS) is 21.2. The summed E-state index contributed by atoms with van der Waals surface area (Å²) in [6, 6.07) is 4.31. The molecule has 3 heterocycles. The van der Waals surface area contributed by atoms with Gasteiger partial charge in [0, 0.05) is 57.0 Å². The maximum absolute atomic E-state index is 4.53. The van der Waals surface area contributed by atoms with Crippen molar-refractivity contribution in [1.82, 2.24) is 15.2 Å². The SMILES string of the molecule is CCC1CN(C(=NC)NCc2ccnc(N3CCCC3)c2)CCS1.I. The van der Waals surface area contributed by atoms with E-state index in [1.54, 1.807) is 0 Å². The van der Waals surface area contributed by atoms with E-state index in [1.165, 1.54) is 30.6 Å².